The first-order valence-electron chi connectivity index (χ1n) is 9.69. The molecule has 5 nitrogen and oxygen atoms in total. The van der Waals surface area contributed by atoms with Crippen LogP contribution in [0, 0.1) is 11.6 Å². The third kappa shape index (κ3) is 4.57. The van der Waals surface area contributed by atoms with Crippen LogP contribution in [0.25, 0.3) is 10.9 Å². The molecule has 0 fully saturated rings. The molecule has 30 heavy (non-hydrogen) atoms. The molecule has 8 heteroatoms. The Balaban J connectivity index is 0.00000256. The molecule has 2 heterocycles. The maximum Gasteiger partial charge on any atom is 0.336 e. The van der Waals surface area contributed by atoms with Crippen molar-refractivity contribution in [3.8, 4) is 5.75 Å². The lowest BCUT2D eigenvalue weighted by molar-refractivity contribution is 0.0693. The van der Waals surface area contributed by atoms with Crippen molar-refractivity contribution in [3.63, 3.8) is 0 Å². The van der Waals surface area contributed by atoms with E-state index in [0.29, 0.717) is 18.6 Å². The lowest BCUT2D eigenvalue weighted by atomic mass is 9.96. The number of nitrogens with one attached hydrogen (secondary N) is 2. The largest absolute Gasteiger partial charge is 0.489 e. The van der Waals surface area contributed by atoms with Gasteiger partial charge in [0.1, 0.15) is 12.4 Å². The highest BCUT2D eigenvalue weighted by atomic mass is 35.5. The number of hydrogen-bond acceptors (Lipinski definition) is 3. The van der Waals surface area contributed by atoms with Gasteiger partial charge in [-0.2, -0.15) is 0 Å². The summed E-state index contributed by atoms with van der Waals surface area (Å²) in [5.74, 6) is -1.80. The molecular formula is C22H23ClF2N2O3. The fourth-order valence-corrected chi connectivity index (χ4v) is 3.88. The van der Waals surface area contributed by atoms with Gasteiger partial charge in [-0.1, -0.05) is 0 Å². The van der Waals surface area contributed by atoms with Gasteiger partial charge in [-0.25, -0.2) is 13.6 Å². The molecule has 0 radical (unpaired) electrons. The molecule has 1 aromatic heterocycles. The van der Waals surface area contributed by atoms with Gasteiger partial charge >= 0.3 is 5.97 Å². The van der Waals surface area contributed by atoms with E-state index in [1.807, 2.05) is 6.20 Å². The number of carbonyl (C=O) groups is 1. The van der Waals surface area contributed by atoms with Crippen LogP contribution in [-0.4, -0.2) is 35.3 Å². The molecular weight excluding hydrogens is 414 g/mol. The van der Waals surface area contributed by atoms with E-state index >= 15 is 0 Å². The van der Waals surface area contributed by atoms with Gasteiger partial charge < -0.3 is 20.1 Å². The summed E-state index contributed by atoms with van der Waals surface area (Å²) >= 11 is 0. The number of carboxylic acids is 1. The lowest BCUT2D eigenvalue weighted by Gasteiger charge is -2.27. The first-order valence-corrected chi connectivity index (χ1v) is 9.69. The fraction of sp³-hybridized carbons (Fsp3) is 0.318. The van der Waals surface area contributed by atoms with Gasteiger partial charge in [-0.3, -0.25) is 0 Å². The number of aromatic nitrogens is 1. The summed E-state index contributed by atoms with van der Waals surface area (Å²) in [6.07, 6.45) is 5.00. The van der Waals surface area contributed by atoms with E-state index in [4.69, 9.17) is 4.74 Å². The van der Waals surface area contributed by atoms with E-state index in [-0.39, 0.29) is 35.6 Å². The number of H-pyrrole nitrogens is 1. The van der Waals surface area contributed by atoms with Gasteiger partial charge in [0.2, 0.25) is 0 Å². The van der Waals surface area contributed by atoms with E-state index in [2.05, 4.69) is 10.3 Å². The van der Waals surface area contributed by atoms with Crippen molar-refractivity contribution in [2.75, 3.05) is 13.2 Å². The number of hydrogen-bond donors (Lipinski definition) is 3. The van der Waals surface area contributed by atoms with E-state index < -0.39 is 11.8 Å². The highest BCUT2D eigenvalue weighted by Crippen LogP contribution is 2.31. The number of aromatic carboxylic acids is 1. The summed E-state index contributed by atoms with van der Waals surface area (Å²) in [6.45, 7) is 1.03. The molecule has 0 bridgehead atoms. The maximum absolute atomic E-state index is 13.9. The molecule has 0 amide bonds. The molecule has 0 unspecified atom stereocenters. The monoisotopic (exact) mass is 436 g/mol. The van der Waals surface area contributed by atoms with Crippen LogP contribution in [0.1, 0.15) is 34.3 Å². The predicted molar refractivity (Wildman–Crippen MR) is 113 cm³/mol. The zero-order valence-corrected chi connectivity index (χ0v) is 17.0. The average Bonchev–Trinajstić information content (AvgIpc) is 3.09. The molecule has 0 saturated heterocycles. The van der Waals surface area contributed by atoms with E-state index in [1.165, 1.54) is 12.1 Å². The maximum atomic E-state index is 13.9. The lowest BCUT2D eigenvalue weighted by Crippen LogP contribution is -2.40. The Morgan fingerprint density at radius 1 is 1.23 bits per heavy atom. The summed E-state index contributed by atoms with van der Waals surface area (Å²) in [5, 5.41) is 13.6. The second-order valence-corrected chi connectivity index (χ2v) is 7.33. The molecule has 3 aromatic rings. The number of benzene rings is 2. The number of carboxylic acid groups (broad SMARTS) is 1. The fourth-order valence-electron chi connectivity index (χ4n) is 3.88. The SMILES string of the molecule is Cl.O=C(O)c1ccc(F)c2c1C[C@H](NCCCCc1c[nH]c3ccc(F)cc13)CO2. The summed E-state index contributed by atoms with van der Waals surface area (Å²) in [4.78, 5) is 14.6. The normalized spacial score (nSPS) is 15.3. The highest BCUT2D eigenvalue weighted by molar-refractivity contribution is 5.90. The quantitative estimate of drug-likeness (QED) is 0.477. The van der Waals surface area contributed by atoms with Crippen LogP contribution >= 0.6 is 12.4 Å². The molecule has 2 aromatic carbocycles. The van der Waals surface area contributed by atoms with Crippen molar-refractivity contribution >= 4 is 29.3 Å². The van der Waals surface area contributed by atoms with Crippen LogP contribution in [0.15, 0.2) is 36.5 Å². The van der Waals surface area contributed by atoms with E-state index in [1.54, 1.807) is 12.1 Å². The number of halogens is 3. The van der Waals surface area contributed by atoms with Crippen molar-refractivity contribution < 1.29 is 23.4 Å². The van der Waals surface area contributed by atoms with Gasteiger partial charge in [0.05, 0.1) is 5.56 Å². The predicted octanol–water partition coefficient (Wildman–Crippen LogP) is 4.48. The number of ether oxygens (including phenoxy) is 1. The van der Waals surface area contributed by atoms with Gasteiger partial charge in [-0.15, -0.1) is 12.4 Å². The number of aromatic amines is 1. The molecule has 1 aliphatic heterocycles. The Hall–Kier alpha value is -2.64. The van der Waals surface area contributed by atoms with Crippen LogP contribution in [0.2, 0.25) is 0 Å². The molecule has 0 saturated carbocycles. The Bertz CT molecular complexity index is 1050. The molecule has 1 atom stereocenters. The van der Waals surface area contributed by atoms with Crippen LogP contribution in [-0.2, 0) is 12.8 Å². The van der Waals surface area contributed by atoms with Crippen molar-refractivity contribution in [1.82, 2.24) is 10.3 Å². The summed E-state index contributed by atoms with van der Waals surface area (Å²) in [6, 6.07) is 7.09. The molecule has 0 aliphatic carbocycles. The van der Waals surface area contributed by atoms with Crippen LogP contribution in [0.5, 0.6) is 5.75 Å². The summed E-state index contributed by atoms with van der Waals surface area (Å²) in [7, 11) is 0. The average molecular weight is 437 g/mol. The zero-order valence-electron chi connectivity index (χ0n) is 16.2. The minimum Gasteiger partial charge on any atom is -0.489 e. The minimum absolute atomic E-state index is 0. The van der Waals surface area contributed by atoms with Gasteiger partial charge in [-0.05, 0) is 68.1 Å². The van der Waals surface area contributed by atoms with Crippen LogP contribution in [0.3, 0.4) is 0 Å². The molecule has 3 N–H and O–H groups in total. The van der Waals surface area contributed by atoms with Crippen molar-refractivity contribution in [2.24, 2.45) is 0 Å². The Labute approximate surface area is 178 Å². The molecule has 4 rings (SSSR count). The number of aryl methyl sites for hydroxylation is 1. The van der Waals surface area contributed by atoms with Gasteiger partial charge in [0.15, 0.2) is 11.6 Å². The molecule has 0 spiro atoms. The van der Waals surface area contributed by atoms with Crippen LogP contribution < -0.4 is 10.1 Å². The topological polar surface area (TPSA) is 74.4 Å². The number of fused-ring (bicyclic) bond motifs is 2. The van der Waals surface area contributed by atoms with Crippen molar-refractivity contribution in [1.29, 1.82) is 0 Å². The molecule has 160 valence electrons. The number of rotatable bonds is 7. The van der Waals surface area contributed by atoms with E-state index in [9.17, 15) is 18.7 Å². The summed E-state index contributed by atoms with van der Waals surface area (Å²) in [5.41, 5.74) is 2.51. The smallest absolute Gasteiger partial charge is 0.336 e. The Morgan fingerprint density at radius 3 is 2.87 bits per heavy atom. The zero-order chi connectivity index (χ0) is 20.4. The molecule has 1 aliphatic rings. The van der Waals surface area contributed by atoms with Crippen molar-refractivity contribution in [3.05, 3.63) is 64.9 Å². The van der Waals surface area contributed by atoms with Crippen LogP contribution in [0.4, 0.5) is 8.78 Å². The Morgan fingerprint density at radius 2 is 2.07 bits per heavy atom. The first kappa shape index (κ1) is 22.1. The minimum atomic E-state index is -1.08. The second-order valence-electron chi connectivity index (χ2n) is 7.33. The third-order valence-electron chi connectivity index (χ3n) is 5.36. The summed E-state index contributed by atoms with van der Waals surface area (Å²) < 4.78 is 32.8. The van der Waals surface area contributed by atoms with Gasteiger partial charge in [0.25, 0.3) is 0 Å². The second kappa shape index (κ2) is 9.45. The van der Waals surface area contributed by atoms with Gasteiger partial charge in [0, 0.05) is 28.7 Å². The van der Waals surface area contributed by atoms with E-state index in [0.717, 1.165) is 48.3 Å². The number of unbranched alkanes of at least 4 members (excludes halogenated alkanes) is 1. The third-order valence-corrected chi connectivity index (χ3v) is 5.36. The highest BCUT2D eigenvalue weighted by Gasteiger charge is 2.27. The first-order chi connectivity index (χ1) is 14.0. The standard InChI is InChI=1S/C22H22F2N2O3.ClH/c23-14-4-7-20-17(9-14)13(11-26-20)3-1-2-8-25-15-10-18-16(22(27)28)5-6-19(24)21(18)29-12-15;/h4-7,9,11,15,25-26H,1-3,8,10,12H2,(H,27,28);1H/t15-;/m0./s1. The Kier molecular flexibility index (Phi) is 6.95. The van der Waals surface area contributed by atoms with Crippen molar-refractivity contribution in [2.45, 2.75) is 31.7 Å².